The molecule has 30 heavy (non-hydrogen) atoms. The number of hydrogen-bond acceptors (Lipinski definition) is 4. The van der Waals surface area contributed by atoms with Crippen LogP contribution in [0.3, 0.4) is 0 Å². The summed E-state index contributed by atoms with van der Waals surface area (Å²) in [5.74, 6) is 1.36. The van der Waals surface area contributed by atoms with E-state index in [1.54, 1.807) is 17.6 Å². The van der Waals surface area contributed by atoms with Gasteiger partial charge in [0, 0.05) is 4.88 Å². The zero-order valence-corrected chi connectivity index (χ0v) is 18.2. The Balaban J connectivity index is 1.29. The van der Waals surface area contributed by atoms with Crippen LogP contribution in [-0.2, 0) is 19.4 Å². The van der Waals surface area contributed by atoms with E-state index in [0.29, 0.717) is 12.5 Å². The molecule has 4 nitrogen and oxygen atoms in total. The minimum Gasteiger partial charge on any atom is -0.489 e. The Kier molecular flexibility index (Phi) is 6.29. The van der Waals surface area contributed by atoms with Crippen molar-refractivity contribution in [3.8, 4) is 5.75 Å². The fourth-order valence-corrected chi connectivity index (χ4v) is 4.64. The van der Waals surface area contributed by atoms with Crippen LogP contribution in [0.5, 0.6) is 5.75 Å². The first-order valence-corrected chi connectivity index (χ1v) is 11.1. The van der Waals surface area contributed by atoms with E-state index in [4.69, 9.17) is 4.74 Å². The number of nitrogens with one attached hydrogen (secondary N) is 1. The number of hydrazone groups is 1. The first-order chi connectivity index (χ1) is 14.6. The van der Waals surface area contributed by atoms with E-state index in [0.717, 1.165) is 34.6 Å². The highest BCUT2D eigenvalue weighted by Gasteiger charge is 2.20. The molecule has 0 unspecified atom stereocenters. The first-order valence-electron chi connectivity index (χ1n) is 10.3. The van der Waals surface area contributed by atoms with Gasteiger partial charge in [-0.1, -0.05) is 36.8 Å². The molecule has 1 N–H and O–H groups in total. The molecule has 1 heterocycles. The van der Waals surface area contributed by atoms with Gasteiger partial charge in [0.2, 0.25) is 0 Å². The van der Waals surface area contributed by atoms with Crippen molar-refractivity contribution < 1.29 is 9.53 Å². The maximum atomic E-state index is 12.4. The van der Waals surface area contributed by atoms with E-state index in [2.05, 4.69) is 48.6 Å². The summed E-state index contributed by atoms with van der Waals surface area (Å²) in [6.07, 6.45) is 5.01. The quantitative estimate of drug-likeness (QED) is 0.423. The number of carbonyl (C=O) groups is 1. The van der Waals surface area contributed by atoms with E-state index in [9.17, 15) is 4.79 Å². The number of carbonyl (C=O) groups excluding carboxylic acids is 1. The largest absolute Gasteiger partial charge is 0.489 e. The minimum atomic E-state index is -0.142. The second kappa shape index (κ2) is 9.26. The van der Waals surface area contributed by atoms with Crippen molar-refractivity contribution in [3.63, 3.8) is 0 Å². The number of ether oxygens (including phenoxy) is 1. The molecule has 4 rings (SSSR count). The van der Waals surface area contributed by atoms with Crippen LogP contribution in [0.25, 0.3) is 0 Å². The van der Waals surface area contributed by atoms with Crippen molar-refractivity contribution in [2.24, 2.45) is 11.0 Å². The Labute approximate surface area is 181 Å². The molecule has 154 valence electrons. The van der Waals surface area contributed by atoms with Gasteiger partial charge < -0.3 is 4.74 Å². The molecule has 0 aliphatic heterocycles. The van der Waals surface area contributed by atoms with Crippen molar-refractivity contribution in [1.82, 2.24) is 5.43 Å². The molecular formula is C25H26N2O2S. The van der Waals surface area contributed by atoms with Crippen LogP contribution in [0.4, 0.5) is 0 Å². The van der Waals surface area contributed by atoms with Crippen LogP contribution in [0.2, 0.25) is 0 Å². The Hall–Kier alpha value is -2.92. The predicted octanol–water partition coefficient (Wildman–Crippen LogP) is 5.52. The molecule has 2 aromatic carbocycles. The van der Waals surface area contributed by atoms with E-state index in [1.807, 2.05) is 30.3 Å². The summed E-state index contributed by atoms with van der Waals surface area (Å²) in [6, 6.07) is 18.0. The Morgan fingerprint density at radius 2 is 1.97 bits per heavy atom. The maximum absolute atomic E-state index is 12.4. The van der Waals surface area contributed by atoms with Gasteiger partial charge in [-0.15, -0.1) is 11.3 Å². The molecule has 1 atom stereocenters. The SMILES string of the molecule is Cc1ccc(COc2ccc(/C=N\NC(=O)c3cc4c(s3)CC[C@H](C)C4)cc2)cc1. The molecule has 0 saturated heterocycles. The van der Waals surface area contributed by atoms with Crippen LogP contribution in [0.15, 0.2) is 59.7 Å². The molecular weight excluding hydrogens is 392 g/mol. The van der Waals surface area contributed by atoms with Gasteiger partial charge in [0.05, 0.1) is 11.1 Å². The highest BCUT2D eigenvalue weighted by Crippen LogP contribution is 2.32. The van der Waals surface area contributed by atoms with E-state index in [1.165, 1.54) is 22.4 Å². The summed E-state index contributed by atoms with van der Waals surface area (Å²) >= 11 is 1.60. The number of aryl methyl sites for hydroxylation is 2. The average molecular weight is 419 g/mol. The van der Waals surface area contributed by atoms with E-state index in [-0.39, 0.29) is 5.91 Å². The number of hydrogen-bond donors (Lipinski definition) is 1. The Bertz CT molecular complexity index is 1040. The fraction of sp³-hybridized carbons (Fsp3) is 0.280. The minimum absolute atomic E-state index is 0.142. The summed E-state index contributed by atoms with van der Waals surface area (Å²) in [5, 5.41) is 4.11. The molecule has 0 fully saturated rings. The third kappa shape index (κ3) is 5.16. The van der Waals surface area contributed by atoms with Crippen molar-refractivity contribution in [3.05, 3.63) is 86.6 Å². The molecule has 1 aliphatic rings. The topological polar surface area (TPSA) is 50.7 Å². The summed E-state index contributed by atoms with van der Waals surface area (Å²) in [5.41, 5.74) is 7.25. The molecule has 0 bridgehead atoms. The van der Waals surface area contributed by atoms with Gasteiger partial charge in [0.25, 0.3) is 5.91 Å². The number of rotatable bonds is 6. The molecule has 3 aromatic rings. The standard InChI is InChI=1S/C25H26N2O2S/c1-17-3-6-20(7-4-17)16-29-22-10-8-19(9-11-22)15-26-27-25(28)24-14-21-13-18(2)5-12-23(21)30-24/h3-4,6-11,14-15,18H,5,12-13,16H2,1-2H3,(H,27,28)/b26-15-/t18-/m0/s1. The highest BCUT2D eigenvalue weighted by atomic mass is 32.1. The normalized spacial score (nSPS) is 15.7. The smallest absolute Gasteiger partial charge is 0.281 e. The zero-order valence-electron chi connectivity index (χ0n) is 17.4. The first kappa shape index (κ1) is 20.4. The third-order valence-electron chi connectivity index (χ3n) is 5.34. The van der Waals surface area contributed by atoms with Gasteiger partial charge in [0.15, 0.2) is 0 Å². The fourth-order valence-electron chi connectivity index (χ4n) is 3.54. The van der Waals surface area contributed by atoms with Crippen LogP contribution >= 0.6 is 11.3 Å². The molecule has 0 saturated carbocycles. The van der Waals surface area contributed by atoms with Crippen molar-refractivity contribution in [2.75, 3.05) is 0 Å². The van der Waals surface area contributed by atoms with Crippen LogP contribution in [-0.4, -0.2) is 12.1 Å². The molecule has 5 heteroatoms. The number of thiophene rings is 1. The number of benzene rings is 2. The monoisotopic (exact) mass is 418 g/mol. The maximum Gasteiger partial charge on any atom is 0.281 e. The number of amides is 1. The van der Waals surface area contributed by atoms with Crippen LogP contribution < -0.4 is 10.2 Å². The van der Waals surface area contributed by atoms with Crippen LogP contribution in [0, 0.1) is 12.8 Å². The zero-order chi connectivity index (χ0) is 20.9. The second-order valence-corrected chi connectivity index (χ2v) is 9.09. The highest BCUT2D eigenvalue weighted by molar-refractivity contribution is 7.14. The van der Waals surface area contributed by atoms with Gasteiger partial charge in [-0.2, -0.15) is 5.10 Å². The second-order valence-electron chi connectivity index (χ2n) is 7.95. The third-order valence-corrected chi connectivity index (χ3v) is 6.57. The molecule has 1 aromatic heterocycles. The number of fused-ring (bicyclic) bond motifs is 1. The summed E-state index contributed by atoms with van der Waals surface area (Å²) in [4.78, 5) is 14.5. The summed E-state index contributed by atoms with van der Waals surface area (Å²) in [6.45, 7) is 4.87. The van der Waals surface area contributed by atoms with Crippen molar-refractivity contribution in [1.29, 1.82) is 0 Å². The van der Waals surface area contributed by atoms with Gasteiger partial charge in [-0.3, -0.25) is 4.79 Å². The Morgan fingerprint density at radius 3 is 2.73 bits per heavy atom. The predicted molar refractivity (Wildman–Crippen MR) is 123 cm³/mol. The average Bonchev–Trinajstić information content (AvgIpc) is 3.17. The van der Waals surface area contributed by atoms with Crippen molar-refractivity contribution in [2.45, 2.75) is 39.7 Å². The molecule has 1 aliphatic carbocycles. The van der Waals surface area contributed by atoms with Gasteiger partial charge >= 0.3 is 0 Å². The molecule has 0 radical (unpaired) electrons. The Morgan fingerprint density at radius 1 is 1.20 bits per heavy atom. The van der Waals surface area contributed by atoms with Gasteiger partial charge in [-0.05, 0) is 79.1 Å². The van der Waals surface area contributed by atoms with Crippen molar-refractivity contribution >= 4 is 23.5 Å². The molecule has 0 spiro atoms. The number of nitrogens with zero attached hydrogens (tertiary/aromatic N) is 1. The van der Waals surface area contributed by atoms with E-state index >= 15 is 0 Å². The van der Waals surface area contributed by atoms with Gasteiger partial charge in [0.1, 0.15) is 12.4 Å². The van der Waals surface area contributed by atoms with Gasteiger partial charge in [-0.25, -0.2) is 5.43 Å². The molecule has 1 amide bonds. The lowest BCUT2D eigenvalue weighted by Gasteiger charge is -2.16. The lowest BCUT2D eigenvalue weighted by atomic mass is 9.90. The summed E-state index contributed by atoms with van der Waals surface area (Å²) < 4.78 is 5.82. The lowest BCUT2D eigenvalue weighted by Crippen LogP contribution is -2.16. The van der Waals surface area contributed by atoms with Crippen LogP contribution in [0.1, 0.15) is 50.1 Å². The lowest BCUT2D eigenvalue weighted by molar-refractivity contribution is 0.0959. The van der Waals surface area contributed by atoms with E-state index < -0.39 is 0 Å². The summed E-state index contributed by atoms with van der Waals surface area (Å²) in [7, 11) is 0.